The average molecular weight is 384 g/mol. The molecule has 0 saturated carbocycles. The maximum Gasteiger partial charge on any atom is 0.191 e. The summed E-state index contributed by atoms with van der Waals surface area (Å²) in [6, 6.07) is 18.7. The lowest BCUT2D eigenvalue weighted by Crippen LogP contribution is -2.41. The van der Waals surface area contributed by atoms with Gasteiger partial charge in [0.1, 0.15) is 6.07 Å². The number of benzene rings is 2. The third kappa shape index (κ3) is 5.47. The molecule has 0 fully saturated rings. The molecular weight excluding hydrogens is 354 g/mol. The van der Waals surface area contributed by atoms with Crippen molar-refractivity contribution < 1.29 is 4.43 Å². The Bertz CT molecular complexity index is 760. The number of nitrogens with zero attached hydrogens (tertiary/aromatic N) is 1. The van der Waals surface area contributed by atoms with Gasteiger partial charge < -0.3 is 4.43 Å². The first-order valence-electron chi connectivity index (χ1n) is 9.11. The molecule has 0 aliphatic carbocycles. The highest BCUT2D eigenvalue weighted by molar-refractivity contribution is 7.99. The van der Waals surface area contributed by atoms with Crippen LogP contribution in [0.3, 0.4) is 0 Å². The molecule has 0 aromatic heterocycles. The average Bonchev–Trinajstić information content (AvgIpc) is 2.61. The van der Waals surface area contributed by atoms with Crippen LogP contribution in [-0.2, 0) is 4.43 Å². The van der Waals surface area contributed by atoms with Crippen molar-refractivity contribution in [1.29, 1.82) is 5.26 Å². The molecule has 0 radical (unpaired) electrons. The van der Waals surface area contributed by atoms with Crippen molar-refractivity contribution in [3.63, 3.8) is 0 Å². The van der Waals surface area contributed by atoms with E-state index in [-0.39, 0.29) is 5.04 Å². The first kappa shape index (κ1) is 20.8. The van der Waals surface area contributed by atoms with Crippen LogP contribution in [0.5, 0.6) is 0 Å². The largest absolute Gasteiger partial charge is 0.417 e. The minimum atomic E-state index is -1.67. The number of nitriles is 1. The summed E-state index contributed by atoms with van der Waals surface area (Å²) in [6.07, 6.45) is 0.998. The van der Waals surface area contributed by atoms with Gasteiger partial charge in [0.15, 0.2) is 8.32 Å². The van der Waals surface area contributed by atoms with Crippen LogP contribution in [0, 0.1) is 11.3 Å². The van der Waals surface area contributed by atoms with Gasteiger partial charge >= 0.3 is 0 Å². The predicted molar refractivity (Wildman–Crippen MR) is 115 cm³/mol. The maximum absolute atomic E-state index is 9.40. The number of thioether (sulfide) groups is 1. The highest BCUT2D eigenvalue weighted by Crippen LogP contribution is 2.36. The van der Waals surface area contributed by atoms with Gasteiger partial charge in [-0.15, -0.1) is 11.8 Å². The second-order valence-corrected chi connectivity index (χ2v) is 13.9. The van der Waals surface area contributed by atoms with Crippen molar-refractivity contribution in [1.82, 2.24) is 0 Å². The SMILES string of the molecule is CC(C)(C)[Si](C)(C)OCCCSc1cc(-c2ccccc2)ccc1C#N. The van der Waals surface area contributed by atoms with Crippen LogP contribution < -0.4 is 0 Å². The molecule has 0 unspecified atom stereocenters. The summed E-state index contributed by atoms with van der Waals surface area (Å²) in [5.74, 6) is 0.960. The van der Waals surface area contributed by atoms with Gasteiger partial charge in [-0.05, 0) is 47.8 Å². The fourth-order valence-corrected chi connectivity index (χ4v) is 4.38. The van der Waals surface area contributed by atoms with E-state index in [1.807, 2.05) is 30.3 Å². The lowest BCUT2D eigenvalue weighted by molar-refractivity contribution is 0.289. The molecule has 138 valence electrons. The molecule has 0 heterocycles. The van der Waals surface area contributed by atoms with E-state index in [2.05, 4.69) is 58.1 Å². The minimum absolute atomic E-state index is 0.248. The van der Waals surface area contributed by atoms with Crippen molar-refractivity contribution in [2.75, 3.05) is 12.4 Å². The third-order valence-corrected chi connectivity index (χ3v) is 10.7. The van der Waals surface area contributed by atoms with Gasteiger partial charge in [0.25, 0.3) is 0 Å². The smallest absolute Gasteiger partial charge is 0.191 e. The maximum atomic E-state index is 9.40. The summed E-state index contributed by atoms with van der Waals surface area (Å²) in [5, 5.41) is 9.64. The zero-order valence-electron chi connectivity index (χ0n) is 16.5. The molecular formula is C22H29NOSSi. The number of hydrogen-bond acceptors (Lipinski definition) is 3. The van der Waals surface area contributed by atoms with E-state index in [1.165, 1.54) is 5.56 Å². The van der Waals surface area contributed by atoms with Crippen LogP contribution in [0.15, 0.2) is 53.4 Å². The summed E-state index contributed by atoms with van der Waals surface area (Å²) in [7, 11) is -1.67. The molecule has 0 spiro atoms. The quantitative estimate of drug-likeness (QED) is 0.302. The van der Waals surface area contributed by atoms with Gasteiger partial charge in [-0.2, -0.15) is 5.26 Å². The summed E-state index contributed by atoms with van der Waals surface area (Å²) < 4.78 is 6.24. The Balaban J connectivity index is 1.96. The standard InChI is InChI=1S/C22H29NOSSi/c1-22(2,3)26(4,5)24-14-9-15-25-21-16-19(12-13-20(21)17-23)18-10-7-6-8-11-18/h6-8,10-13,16H,9,14-15H2,1-5H3. The van der Waals surface area contributed by atoms with E-state index < -0.39 is 8.32 Å². The Morgan fingerprint density at radius 2 is 1.73 bits per heavy atom. The van der Waals surface area contributed by atoms with E-state index >= 15 is 0 Å². The normalized spacial score (nSPS) is 12.0. The van der Waals surface area contributed by atoms with Gasteiger partial charge in [-0.3, -0.25) is 0 Å². The lowest BCUT2D eigenvalue weighted by atomic mass is 10.0. The Hall–Kier alpha value is -1.54. The summed E-state index contributed by atoms with van der Waals surface area (Å²) in [6.45, 7) is 12.2. The molecule has 0 saturated heterocycles. The second kappa shape index (κ2) is 8.90. The highest BCUT2D eigenvalue weighted by Gasteiger charge is 2.36. The topological polar surface area (TPSA) is 33.0 Å². The molecule has 4 heteroatoms. The van der Waals surface area contributed by atoms with E-state index in [4.69, 9.17) is 4.43 Å². The molecule has 2 aromatic carbocycles. The Morgan fingerprint density at radius 3 is 2.35 bits per heavy atom. The Morgan fingerprint density at radius 1 is 1.04 bits per heavy atom. The van der Waals surface area contributed by atoms with Crippen LogP contribution in [0.2, 0.25) is 18.1 Å². The summed E-state index contributed by atoms with van der Waals surface area (Å²) >= 11 is 1.75. The van der Waals surface area contributed by atoms with Gasteiger partial charge in [0.05, 0.1) is 5.56 Å². The molecule has 0 aliphatic heterocycles. The molecule has 2 rings (SSSR count). The van der Waals surface area contributed by atoms with Crippen LogP contribution >= 0.6 is 11.8 Å². The lowest BCUT2D eigenvalue weighted by Gasteiger charge is -2.36. The molecule has 0 amide bonds. The zero-order chi connectivity index (χ0) is 19.2. The fraction of sp³-hybridized carbons (Fsp3) is 0.409. The number of rotatable bonds is 7. The van der Waals surface area contributed by atoms with Crippen molar-refractivity contribution >= 4 is 20.1 Å². The monoisotopic (exact) mass is 383 g/mol. The minimum Gasteiger partial charge on any atom is -0.417 e. The Kier molecular flexibility index (Phi) is 7.11. The first-order chi connectivity index (χ1) is 12.2. The highest BCUT2D eigenvalue weighted by atomic mass is 32.2. The van der Waals surface area contributed by atoms with E-state index in [1.54, 1.807) is 11.8 Å². The molecule has 0 N–H and O–H groups in total. The molecule has 0 atom stereocenters. The van der Waals surface area contributed by atoms with E-state index in [9.17, 15) is 5.26 Å². The molecule has 2 aromatic rings. The summed E-state index contributed by atoms with van der Waals surface area (Å²) in [4.78, 5) is 1.06. The van der Waals surface area contributed by atoms with E-state index in [0.29, 0.717) is 0 Å². The summed E-state index contributed by atoms with van der Waals surface area (Å²) in [5.41, 5.74) is 3.09. The molecule has 0 bridgehead atoms. The van der Waals surface area contributed by atoms with Crippen molar-refractivity contribution in [3.05, 3.63) is 54.1 Å². The zero-order valence-corrected chi connectivity index (χ0v) is 18.3. The van der Waals surface area contributed by atoms with Crippen LogP contribution in [0.4, 0.5) is 0 Å². The molecule has 0 aliphatic rings. The van der Waals surface area contributed by atoms with Crippen LogP contribution in [-0.4, -0.2) is 20.7 Å². The van der Waals surface area contributed by atoms with Gasteiger partial charge in [0.2, 0.25) is 0 Å². The van der Waals surface area contributed by atoms with Gasteiger partial charge in [-0.1, -0.05) is 57.2 Å². The molecule has 2 nitrogen and oxygen atoms in total. The van der Waals surface area contributed by atoms with Crippen molar-refractivity contribution in [2.24, 2.45) is 0 Å². The van der Waals surface area contributed by atoms with E-state index in [0.717, 1.165) is 34.8 Å². The molecule has 26 heavy (non-hydrogen) atoms. The Labute approximate surface area is 163 Å². The third-order valence-electron chi connectivity index (χ3n) is 5.02. The second-order valence-electron chi connectivity index (χ2n) is 8.00. The van der Waals surface area contributed by atoms with Gasteiger partial charge in [0, 0.05) is 17.3 Å². The fourth-order valence-electron chi connectivity index (χ4n) is 2.33. The number of hydrogen-bond donors (Lipinski definition) is 0. The van der Waals surface area contributed by atoms with Crippen molar-refractivity contribution in [2.45, 2.75) is 50.2 Å². The van der Waals surface area contributed by atoms with Crippen LogP contribution in [0.25, 0.3) is 11.1 Å². The first-order valence-corrected chi connectivity index (χ1v) is 13.0. The predicted octanol–water partition coefficient (Wildman–Crippen LogP) is 6.73. The van der Waals surface area contributed by atoms with Gasteiger partial charge in [-0.25, -0.2) is 0 Å². The van der Waals surface area contributed by atoms with Crippen LogP contribution in [0.1, 0.15) is 32.8 Å². The van der Waals surface area contributed by atoms with Crippen molar-refractivity contribution in [3.8, 4) is 17.2 Å².